The Hall–Kier alpha value is -3.20. The maximum atomic E-state index is 13.3. The van der Waals surface area contributed by atoms with Crippen LogP contribution in [0.3, 0.4) is 0 Å². The van der Waals surface area contributed by atoms with Gasteiger partial charge in [-0.1, -0.05) is 24.3 Å². The molecule has 0 saturated carbocycles. The number of carbonyl (C=O) groups is 3. The van der Waals surface area contributed by atoms with Crippen molar-refractivity contribution in [3.63, 3.8) is 0 Å². The monoisotopic (exact) mass is 468 g/mol. The minimum Gasteiger partial charge on any atom is -0.485 e. The molecule has 8 nitrogen and oxygen atoms in total. The van der Waals surface area contributed by atoms with Gasteiger partial charge in [0.05, 0.1) is 24.3 Å². The van der Waals surface area contributed by atoms with Crippen LogP contribution in [0.15, 0.2) is 53.4 Å². The number of thioether (sulfide) groups is 1. The summed E-state index contributed by atoms with van der Waals surface area (Å²) in [5.74, 6) is 0.661. The van der Waals surface area contributed by atoms with Crippen molar-refractivity contribution >= 4 is 35.3 Å². The number of hydrogen-bond acceptors (Lipinski definition) is 6. The molecule has 2 atom stereocenters. The molecular formula is C24H28N4O4S. The van der Waals surface area contributed by atoms with E-state index < -0.39 is 11.6 Å². The van der Waals surface area contributed by atoms with Gasteiger partial charge in [0.15, 0.2) is 0 Å². The van der Waals surface area contributed by atoms with E-state index in [4.69, 9.17) is 4.74 Å². The Morgan fingerprint density at radius 2 is 1.94 bits per heavy atom. The first-order valence-corrected chi connectivity index (χ1v) is 11.9. The number of likely N-dealkylation sites (N-methyl/N-ethyl adjacent to an activating group) is 2. The van der Waals surface area contributed by atoms with E-state index >= 15 is 0 Å². The number of rotatable bonds is 7. The highest BCUT2D eigenvalue weighted by Gasteiger charge is 2.42. The quantitative estimate of drug-likeness (QED) is 0.480. The van der Waals surface area contributed by atoms with Gasteiger partial charge < -0.3 is 19.9 Å². The molecule has 2 N–H and O–H groups in total. The first kappa shape index (κ1) is 23.0. The van der Waals surface area contributed by atoms with Gasteiger partial charge >= 0.3 is 6.03 Å². The fourth-order valence-electron chi connectivity index (χ4n) is 4.04. The molecule has 2 aromatic carbocycles. The van der Waals surface area contributed by atoms with E-state index in [2.05, 4.69) is 22.5 Å². The second-order valence-electron chi connectivity index (χ2n) is 8.46. The standard InChI is InChI=1S/C24H28N4O4S/c1-4-28-14-16(32-19-11-7-6-10-18(19)28)13-27(3)21(29)17-9-5-8-12-20(17)33-15-24(2)22(30)25-23(31)26-24/h5-12,16H,4,13-15H2,1-3H3,(H2,25,26,30,31)/t16-,24-/m1/s1. The average molecular weight is 469 g/mol. The van der Waals surface area contributed by atoms with E-state index in [1.54, 1.807) is 24.9 Å². The molecule has 1 fully saturated rings. The zero-order valence-electron chi connectivity index (χ0n) is 19.0. The lowest BCUT2D eigenvalue weighted by Gasteiger charge is -2.37. The number of imide groups is 1. The maximum Gasteiger partial charge on any atom is 0.322 e. The third-order valence-corrected chi connectivity index (χ3v) is 7.27. The Morgan fingerprint density at radius 1 is 1.21 bits per heavy atom. The van der Waals surface area contributed by atoms with E-state index in [1.807, 2.05) is 42.5 Å². The Bertz CT molecular complexity index is 1080. The van der Waals surface area contributed by atoms with Crippen LogP contribution in [0.1, 0.15) is 24.2 Å². The SMILES string of the molecule is CCN1C[C@@H](CN(C)C(=O)c2ccccc2SC[C@@]2(C)NC(=O)NC2=O)Oc2ccccc21. The number of benzene rings is 2. The average Bonchev–Trinajstić information content (AvgIpc) is 3.07. The van der Waals surface area contributed by atoms with Crippen molar-refractivity contribution in [3.05, 3.63) is 54.1 Å². The van der Waals surface area contributed by atoms with Crippen LogP contribution in [0.25, 0.3) is 0 Å². The summed E-state index contributed by atoms with van der Waals surface area (Å²) in [6, 6.07) is 14.8. The molecule has 4 rings (SSSR count). The summed E-state index contributed by atoms with van der Waals surface area (Å²) in [5.41, 5.74) is 0.613. The summed E-state index contributed by atoms with van der Waals surface area (Å²) in [5, 5.41) is 4.92. The summed E-state index contributed by atoms with van der Waals surface area (Å²) in [7, 11) is 1.77. The Labute approximate surface area is 197 Å². The van der Waals surface area contributed by atoms with Gasteiger partial charge in [-0.15, -0.1) is 11.8 Å². The molecule has 2 aliphatic rings. The Balaban J connectivity index is 1.44. The van der Waals surface area contributed by atoms with Gasteiger partial charge in [0, 0.05) is 24.2 Å². The fourth-order valence-corrected chi connectivity index (χ4v) is 5.17. The number of nitrogens with zero attached hydrogens (tertiary/aromatic N) is 2. The van der Waals surface area contributed by atoms with Crippen molar-refractivity contribution in [2.75, 3.05) is 37.3 Å². The number of para-hydroxylation sites is 2. The van der Waals surface area contributed by atoms with Gasteiger partial charge in [0.25, 0.3) is 11.8 Å². The van der Waals surface area contributed by atoms with Gasteiger partial charge in [0.1, 0.15) is 17.4 Å². The molecule has 33 heavy (non-hydrogen) atoms. The number of urea groups is 1. The summed E-state index contributed by atoms with van der Waals surface area (Å²) >= 11 is 1.37. The molecule has 0 aromatic heterocycles. The molecule has 174 valence electrons. The molecule has 1 saturated heterocycles. The van der Waals surface area contributed by atoms with Gasteiger partial charge in [0.2, 0.25) is 0 Å². The van der Waals surface area contributed by atoms with Crippen molar-refractivity contribution in [1.82, 2.24) is 15.5 Å². The molecule has 2 aromatic rings. The predicted molar refractivity (Wildman–Crippen MR) is 128 cm³/mol. The van der Waals surface area contributed by atoms with E-state index in [-0.39, 0.29) is 17.9 Å². The lowest BCUT2D eigenvalue weighted by molar-refractivity contribution is -0.122. The van der Waals surface area contributed by atoms with Crippen LogP contribution in [0.2, 0.25) is 0 Å². The van der Waals surface area contributed by atoms with E-state index in [1.165, 1.54) is 11.8 Å². The van der Waals surface area contributed by atoms with Crippen LogP contribution >= 0.6 is 11.8 Å². The molecule has 9 heteroatoms. The highest BCUT2D eigenvalue weighted by molar-refractivity contribution is 7.99. The molecule has 2 aliphatic heterocycles. The van der Waals surface area contributed by atoms with Crippen molar-refractivity contribution in [1.29, 1.82) is 0 Å². The molecule has 0 spiro atoms. The second-order valence-corrected chi connectivity index (χ2v) is 9.47. The van der Waals surface area contributed by atoms with Gasteiger partial charge in [-0.25, -0.2) is 4.79 Å². The van der Waals surface area contributed by atoms with Crippen molar-refractivity contribution in [3.8, 4) is 5.75 Å². The van der Waals surface area contributed by atoms with E-state index in [0.29, 0.717) is 24.4 Å². The molecule has 0 radical (unpaired) electrons. The number of amides is 4. The number of ether oxygens (including phenoxy) is 1. The van der Waals surface area contributed by atoms with Crippen LogP contribution in [-0.4, -0.2) is 66.8 Å². The molecule has 0 unspecified atom stereocenters. The summed E-state index contributed by atoms with van der Waals surface area (Å²) in [4.78, 5) is 41.7. The summed E-state index contributed by atoms with van der Waals surface area (Å²) in [6.45, 7) is 5.79. The highest BCUT2D eigenvalue weighted by Crippen LogP contribution is 2.33. The number of nitrogens with one attached hydrogen (secondary N) is 2. The smallest absolute Gasteiger partial charge is 0.322 e. The van der Waals surface area contributed by atoms with Gasteiger partial charge in [-0.05, 0) is 38.1 Å². The third-order valence-electron chi connectivity index (χ3n) is 5.88. The zero-order valence-corrected chi connectivity index (χ0v) is 19.8. The Kier molecular flexibility index (Phi) is 6.51. The molecular weight excluding hydrogens is 440 g/mol. The third kappa shape index (κ3) is 4.78. The normalized spacial score (nSPS) is 21.7. The van der Waals surface area contributed by atoms with E-state index in [0.717, 1.165) is 22.9 Å². The maximum absolute atomic E-state index is 13.3. The second kappa shape index (κ2) is 9.35. The first-order chi connectivity index (χ1) is 15.8. The highest BCUT2D eigenvalue weighted by atomic mass is 32.2. The lowest BCUT2D eigenvalue weighted by Crippen LogP contribution is -2.47. The van der Waals surface area contributed by atoms with Crippen molar-refractivity contribution < 1.29 is 19.1 Å². The molecule has 4 amide bonds. The largest absolute Gasteiger partial charge is 0.485 e. The van der Waals surface area contributed by atoms with Crippen LogP contribution in [0, 0.1) is 0 Å². The van der Waals surface area contributed by atoms with Crippen molar-refractivity contribution in [2.24, 2.45) is 0 Å². The molecule has 2 heterocycles. The summed E-state index contributed by atoms with van der Waals surface area (Å²) in [6.07, 6.45) is -0.148. The number of carbonyl (C=O) groups excluding carboxylic acids is 3. The van der Waals surface area contributed by atoms with Crippen LogP contribution < -0.4 is 20.3 Å². The fraction of sp³-hybridized carbons (Fsp3) is 0.375. The lowest BCUT2D eigenvalue weighted by atomic mass is 10.1. The van der Waals surface area contributed by atoms with Crippen molar-refractivity contribution in [2.45, 2.75) is 30.4 Å². The number of fused-ring (bicyclic) bond motifs is 1. The molecule has 0 aliphatic carbocycles. The van der Waals surface area contributed by atoms with Crippen LogP contribution in [-0.2, 0) is 4.79 Å². The van der Waals surface area contributed by atoms with Crippen LogP contribution in [0.5, 0.6) is 5.75 Å². The molecule has 0 bridgehead atoms. The first-order valence-electron chi connectivity index (χ1n) is 10.9. The summed E-state index contributed by atoms with van der Waals surface area (Å²) < 4.78 is 6.18. The number of hydrogen-bond donors (Lipinski definition) is 2. The van der Waals surface area contributed by atoms with Gasteiger partial charge in [-0.2, -0.15) is 0 Å². The minimum atomic E-state index is -1.02. The zero-order chi connectivity index (χ0) is 23.6. The van der Waals surface area contributed by atoms with Gasteiger partial charge in [-0.3, -0.25) is 14.9 Å². The topological polar surface area (TPSA) is 91.0 Å². The van der Waals surface area contributed by atoms with Crippen LogP contribution in [0.4, 0.5) is 10.5 Å². The Morgan fingerprint density at radius 3 is 2.67 bits per heavy atom. The number of anilines is 1. The minimum absolute atomic E-state index is 0.117. The predicted octanol–water partition coefficient (Wildman–Crippen LogP) is 2.74. The van der Waals surface area contributed by atoms with E-state index in [9.17, 15) is 14.4 Å².